The predicted octanol–water partition coefficient (Wildman–Crippen LogP) is 5.36. The molecular weight excluding hydrogens is 668 g/mol. The van der Waals surface area contributed by atoms with Crippen LogP contribution < -0.4 is 20.9 Å². The molecule has 2 aromatic heterocycles. The van der Waals surface area contributed by atoms with Crippen LogP contribution in [0.3, 0.4) is 0 Å². The van der Waals surface area contributed by atoms with Crippen molar-refractivity contribution in [1.82, 2.24) is 19.1 Å². The SMILES string of the molecule is C=C/C(C(=O)O)=C(\C=C(C)C)c1nc2c(OC)c(C(N)=O)ccc2n1CCn1c(-c2cc(C)ccc2C(=O)O)nc2c(OC)cccc21.CC(N)=O. The molecule has 0 bridgehead atoms. The van der Waals surface area contributed by atoms with E-state index in [4.69, 9.17) is 25.2 Å². The minimum Gasteiger partial charge on any atom is -0.494 e. The third-order valence-electron chi connectivity index (χ3n) is 7.90. The normalized spacial score (nSPS) is 11.3. The Balaban J connectivity index is 0.00000144. The van der Waals surface area contributed by atoms with Crippen molar-refractivity contribution in [2.75, 3.05) is 14.2 Å². The van der Waals surface area contributed by atoms with Crippen molar-refractivity contribution in [2.24, 2.45) is 11.5 Å². The summed E-state index contributed by atoms with van der Waals surface area (Å²) in [5.74, 6) is -1.98. The number of carbonyl (C=O) groups excluding carboxylic acids is 2. The number of benzene rings is 3. The lowest BCUT2D eigenvalue weighted by Crippen LogP contribution is -2.14. The van der Waals surface area contributed by atoms with Crippen molar-refractivity contribution in [3.63, 3.8) is 0 Å². The standard InChI is InChI=1S/C36H35N5O7.C2H5NO/c1-7-21(35(43)44)24(17-19(2)3)33-39-30-27(14-13-23(32(37)42)31(30)48-6)41(33)16-15-40-26-9-8-10-28(47-5)29(26)38-34(40)25-18-20(4)11-12-22(25)36(45)46;1-2(3)4/h7-14,17-18H,1,15-16H2,2-6H3,(H2,37,42)(H,43,44)(H,45,46);1H3,(H2,3,4)/b24-21-;. The summed E-state index contributed by atoms with van der Waals surface area (Å²) in [5, 5.41) is 20.2. The maximum Gasteiger partial charge on any atom is 0.336 e. The van der Waals surface area contributed by atoms with Gasteiger partial charge in [-0.15, -0.1) is 0 Å². The van der Waals surface area contributed by atoms with Crippen molar-refractivity contribution in [3.8, 4) is 22.9 Å². The highest BCUT2D eigenvalue weighted by Gasteiger charge is 2.25. The van der Waals surface area contributed by atoms with Crippen LogP contribution >= 0.6 is 0 Å². The van der Waals surface area contributed by atoms with Crippen LogP contribution in [0.25, 0.3) is 39.0 Å². The van der Waals surface area contributed by atoms with Crippen molar-refractivity contribution >= 4 is 51.4 Å². The van der Waals surface area contributed by atoms with Crippen molar-refractivity contribution in [1.29, 1.82) is 0 Å². The van der Waals surface area contributed by atoms with Crippen LogP contribution in [0.2, 0.25) is 0 Å². The quantitative estimate of drug-likeness (QED) is 0.0962. The zero-order valence-corrected chi connectivity index (χ0v) is 29.7. The number of ether oxygens (including phenoxy) is 2. The van der Waals surface area contributed by atoms with E-state index < -0.39 is 17.8 Å². The van der Waals surface area contributed by atoms with Crippen LogP contribution in [-0.2, 0) is 22.7 Å². The number of methoxy groups -OCH3 is 2. The second-order valence-corrected chi connectivity index (χ2v) is 11.9. The summed E-state index contributed by atoms with van der Waals surface area (Å²) >= 11 is 0. The number of allylic oxidation sites excluding steroid dienone is 3. The lowest BCUT2D eigenvalue weighted by atomic mass is 10.0. The number of imidazole rings is 2. The van der Waals surface area contributed by atoms with Gasteiger partial charge < -0.3 is 40.3 Å². The number of rotatable bonds is 12. The van der Waals surface area contributed by atoms with Crippen LogP contribution in [0, 0.1) is 6.92 Å². The number of carbonyl (C=O) groups is 4. The first-order valence-electron chi connectivity index (χ1n) is 15.9. The molecule has 6 N–H and O–H groups in total. The van der Waals surface area contributed by atoms with Gasteiger partial charge in [-0.3, -0.25) is 9.59 Å². The van der Waals surface area contributed by atoms with Gasteiger partial charge in [0.25, 0.3) is 5.91 Å². The molecule has 5 aromatic rings. The number of aryl methyl sites for hydroxylation is 3. The maximum atomic E-state index is 12.4. The predicted molar refractivity (Wildman–Crippen MR) is 197 cm³/mol. The van der Waals surface area contributed by atoms with Gasteiger partial charge in [-0.2, -0.15) is 0 Å². The van der Waals surface area contributed by atoms with E-state index in [0.29, 0.717) is 44.8 Å². The second kappa shape index (κ2) is 15.9. The van der Waals surface area contributed by atoms with Gasteiger partial charge in [0.2, 0.25) is 5.91 Å². The van der Waals surface area contributed by atoms with Gasteiger partial charge >= 0.3 is 11.9 Å². The van der Waals surface area contributed by atoms with Crippen molar-refractivity contribution in [2.45, 2.75) is 40.8 Å². The van der Waals surface area contributed by atoms with Gasteiger partial charge in [0.05, 0.1) is 42.0 Å². The number of amides is 2. The summed E-state index contributed by atoms with van der Waals surface area (Å²) in [6.07, 6.45) is 2.96. The number of nitrogens with zero attached hydrogens (tertiary/aromatic N) is 4. The molecule has 3 aromatic carbocycles. The zero-order valence-electron chi connectivity index (χ0n) is 29.7. The Hall–Kier alpha value is -6.70. The van der Waals surface area contributed by atoms with E-state index in [2.05, 4.69) is 12.3 Å². The van der Waals surface area contributed by atoms with Crippen LogP contribution in [0.4, 0.5) is 0 Å². The molecule has 0 saturated carbocycles. The molecule has 0 radical (unpaired) electrons. The van der Waals surface area contributed by atoms with E-state index in [1.54, 1.807) is 36.4 Å². The van der Waals surface area contributed by atoms with E-state index >= 15 is 0 Å². The number of nitrogens with two attached hydrogens (primary N) is 2. The Kier molecular flexibility index (Phi) is 11.6. The molecule has 14 nitrogen and oxygen atoms in total. The Morgan fingerprint density at radius 2 is 1.50 bits per heavy atom. The number of hydrogen-bond donors (Lipinski definition) is 4. The number of aliphatic carboxylic acids is 1. The lowest BCUT2D eigenvalue weighted by Gasteiger charge is -2.16. The van der Waals surface area contributed by atoms with Crippen LogP contribution in [-0.4, -0.2) is 67.3 Å². The average molecular weight is 709 g/mol. The number of fused-ring (bicyclic) bond motifs is 2. The van der Waals surface area contributed by atoms with E-state index in [1.165, 1.54) is 33.3 Å². The molecule has 270 valence electrons. The molecule has 14 heteroatoms. The van der Waals surface area contributed by atoms with Crippen LogP contribution in [0.5, 0.6) is 11.5 Å². The first kappa shape index (κ1) is 38.1. The molecule has 0 atom stereocenters. The Labute approximate surface area is 299 Å². The highest BCUT2D eigenvalue weighted by molar-refractivity contribution is 6.04. The number of hydrogen-bond acceptors (Lipinski definition) is 8. The number of aromatic nitrogens is 4. The molecule has 5 rings (SSSR count). The zero-order chi connectivity index (χ0) is 38.4. The van der Waals surface area contributed by atoms with Gasteiger partial charge in [-0.25, -0.2) is 19.6 Å². The molecule has 0 saturated heterocycles. The molecule has 0 unspecified atom stereocenters. The summed E-state index contributed by atoms with van der Waals surface area (Å²) in [6.45, 7) is 11.0. The van der Waals surface area contributed by atoms with Crippen LogP contribution in [0.1, 0.15) is 52.9 Å². The van der Waals surface area contributed by atoms with E-state index in [9.17, 15) is 29.4 Å². The lowest BCUT2D eigenvalue weighted by molar-refractivity contribution is -0.132. The van der Waals surface area contributed by atoms with Crippen molar-refractivity contribution < 1.29 is 38.9 Å². The van der Waals surface area contributed by atoms with Gasteiger partial charge in [0.1, 0.15) is 28.4 Å². The Morgan fingerprint density at radius 1 is 0.865 bits per heavy atom. The molecule has 2 heterocycles. The van der Waals surface area contributed by atoms with E-state index in [-0.39, 0.29) is 47.3 Å². The molecule has 0 fully saturated rings. The van der Waals surface area contributed by atoms with Crippen LogP contribution in [0.15, 0.2) is 78.4 Å². The summed E-state index contributed by atoms with van der Waals surface area (Å²) in [5.41, 5.74) is 14.7. The number of primary amides is 2. The number of carboxylic acids is 2. The van der Waals surface area contributed by atoms with Gasteiger partial charge in [-0.1, -0.05) is 42.0 Å². The summed E-state index contributed by atoms with van der Waals surface area (Å²) in [7, 11) is 2.94. The molecule has 0 spiro atoms. The number of para-hydroxylation sites is 1. The molecule has 0 aliphatic heterocycles. The molecule has 0 aliphatic rings. The fourth-order valence-electron chi connectivity index (χ4n) is 5.81. The second-order valence-electron chi connectivity index (χ2n) is 11.9. The topological polar surface area (TPSA) is 215 Å². The number of aromatic carboxylic acids is 1. The summed E-state index contributed by atoms with van der Waals surface area (Å²) < 4.78 is 15.0. The van der Waals surface area contributed by atoms with E-state index in [0.717, 1.165) is 11.1 Å². The maximum absolute atomic E-state index is 12.4. The monoisotopic (exact) mass is 708 g/mol. The highest BCUT2D eigenvalue weighted by atomic mass is 16.5. The third kappa shape index (κ3) is 7.70. The van der Waals surface area contributed by atoms with E-state index in [1.807, 2.05) is 42.0 Å². The summed E-state index contributed by atoms with van der Waals surface area (Å²) in [4.78, 5) is 56.0. The smallest absolute Gasteiger partial charge is 0.336 e. The fourth-order valence-corrected chi connectivity index (χ4v) is 5.81. The number of carboxylic acid groups (broad SMARTS) is 2. The summed E-state index contributed by atoms with van der Waals surface area (Å²) in [6, 6.07) is 13.8. The highest BCUT2D eigenvalue weighted by Crippen LogP contribution is 2.36. The minimum atomic E-state index is -1.20. The largest absolute Gasteiger partial charge is 0.494 e. The van der Waals surface area contributed by atoms with Gasteiger partial charge in [0.15, 0.2) is 5.75 Å². The van der Waals surface area contributed by atoms with Crippen molar-refractivity contribution in [3.05, 3.63) is 101 Å². The minimum absolute atomic E-state index is 0.0776. The molecule has 2 amide bonds. The van der Waals surface area contributed by atoms with Gasteiger partial charge in [-0.05, 0) is 57.2 Å². The Bertz CT molecular complexity index is 2300. The first-order chi connectivity index (χ1) is 24.6. The Morgan fingerprint density at radius 3 is 2.06 bits per heavy atom. The third-order valence-corrected chi connectivity index (χ3v) is 7.90. The molecule has 0 aliphatic carbocycles. The first-order valence-corrected chi connectivity index (χ1v) is 15.9. The molecule has 52 heavy (non-hydrogen) atoms. The van der Waals surface area contributed by atoms with Gasteiger partial charge in [0, 0.05) is 31.1 Å². The average Bonchev–Trinajstić information content (AvgIpc) is 3.64. The molecular formula is C38H40N6O8. The fraction of sp³-hybridized carbons (Fsp3) is 0.211.